The summed E-state index contributed by atoms with van der Waals surface area (Å²) in [6.07, 6.45) is 0.930. The molecule has 6 nitrogen and oxygen atoms in total. The number of hydrogen-bond acceptors (Lipinski definition) is 5. The molecule has 1 heterocycles. The zero-order chi connectivity index (χ0) is 17.9. The highest BCUT2D eigenvalue weighted by Crippen LogP contribution is 2.28. The Bertz CT molecular complexity index is 872. The van der Waals surface area contributed by atoms with Gasteiger partial charge in [0.25, 0.3) is 5.56 Å². The summed E-state index contributed by atoms with van der Waals surface area (Å²) in [6, 6.07) is 9.17. The first kappa shape index (κ1) is 17.4. The van der Waals surface area contributed by atoms with Gasteiger partial charge >= 0.3 is 0 Å². The van der Waals surface area contributed by atoms with Crippen molar-refractivity contribution in [2.24, 2.45) is 10.2 Å². The normalized spacial score (nSPS) is 11.2. The fraction of sp³-hybridized carbons (Fsp3) is 0.333. The highest BCUT2D eigenvalue weighted by Gasteiger charge is 2.20. The Morgan fingerprint density at radius 2 is 1.88 bits per heavy atom. The number of nitrogens with zero attached hydrogens (tertiary/aromatic N) is 4. The van der Waals surface area contributed by atoms with Gasteiger partial charge in [0.1, 0.15) is 11.6 Å². The molecule has 2 aromatic rings. The first-order valence-electron chi connectivity index (χ1n) is 7.79. The van der Waals surface area contributed by atoms with Crippen molar-refractivity contribution in [3.05, 3.63) is 51.3 Å². The molecule has 24 heavy (non-hydrogen) atoms. The molecule has 0 fully saturated rings. The van der Waals surface area contributed by atoms with E-state index in [4.69, 9.17) is 0 Å². The summed E-state index contributed by atoms with van der Waals surface area (Å²) in [5.41, 5.74) is 1.77. The van der Waals surface area contributed by atoms with Gasteiger partial charge < -0.3 is 5.11 Å². The second-order valence-corrected chi connectivity index (χ2v) is 5.77. The fourth-order valence-corrected chi connectivity index (χ4v) is 2.41. The van der Waals surface area contributed by atoms with Gasteiger partial charge in [0, 0.05) is 11.6 Å². The smallest absolute Gasteiger partial charge is 0.281 e. The SMILES string of the molecule is CCc1ccc(N=Nc2c(C)c(C#N)c(O)n(C(C)C)c2=O)cc1. The Morgan fingerprint density at radius 3 is 2.38 bits per heavy atom. The van der Waals surface area contributed by atoms with Gasteiger partial charge in [-0.3, -0.25) is 9.36 Å². The lowest BCUT2D eigenvalue weighted by atomic mass is 10.1. The number of aromatic hydroxyl groups is 1. The first-order valence-corrected chi connectivity index (χ1v) is 7.79. The van der Waals surface area contributed by atoms with E-state index in [0.29, 0.717) is 11.3 Å². The topological polar surface area (TPSA) is 90.7 Å². The molecule has 124 valence electrons. The molecule has 0 aliphatic carbocycles. The number of aryl methyl sites for hydroxylation is 1. The minimum absolute atomic E-state index is 0.0404. The third kappa shape index (κ3) is 3.20. The van der Waals surface area contributed by atoms with Crippen molar-refractivity contribution in [1.29, 1.82) is 5.26 Å². The molecule has 1 N–H and O–H groups in total. The summed E-state index contributed by atoms with van der Waals surface area (Å²) in [4.78, 5) is 12.6. The van der Waals surface area contributed by atoms with Crippen molar-refractivity contribution in [1.82, 2.24) is 4.57 Å². The van der Waals surface area contributed by atoms with E-state index in [2.05, 4.69) is 17.2 Å². The van der Waals surface area contributed by atoms with Crippen molar-refractivity contribution < 1.29 is 5.11 Å². The van der Waals surface area contributed by atoms with E-state index in [1.807, 2.05) is 30.3 Å². The maximum absolute atomic E-state index is 12.6. The van der Waals surface area contributed by atoms with Crippen LogP contribution in [0.2, 0.25) is 0 Å². The number of nitriles is 1. The number of azo groups is 1. The lowest BCUT2D eigenvalue weighted by Gasteiger charge is -2.15. The Labute approximate surface area is 140 Å². The maximum atomic E-state index is 12.6. The molecule has 1 aromatic heterocycles. The van der Waals surface area contributed by atoms with Gasteiger partial charge in [0.15, 0.2) is 5.69 Å². The van der Waals surface area contributed by atoms with Gasteiger partial charge in [-0.2, -0.15) is 10.4 Å². The second-order valence-electron chi connectivity index (χ2n) is 5.77. The molecule has 0 saturated heterocycles. The summed E-state index contributed by atoms with van der Waals surface area (Å²) in [6.45, 7) is 7.15. The zero-order valence-corrected chi connectivity index (χ0v) is 14.2. The Kier molecular flexibility index (Phi) is 5.14. The number of pyridine rings is 1. The van der Waals surface area contributed by atoms with E-state index in [9.17, 15) is 15.2 Å². The van der Waals surface area contributed by atoms with Crippen molar-refractivity contribution in [3.8, 4) is 11.9 Å². The van der Waals surface area contributed by atoms with Crippen LogP contribution in [0.5, 0.6) is 5.88 Å². The van der Waals surface area contributed by atoms with E-state index >= 15 is 0 Å². The minimum Gasteiger partial charge on any atom is -0.493 e. The van der Waals surface area contributed by atoms with Crippen molar-refractivity contribution in [3.63, 3.8) is 0 Å². The van der Waals surface area contributed by atoms with Crippen LogP contribution in [0.25, 0.3) is 0 Å². The average molecular weight is 324 g/mol. The van der Waals surface area contributed by atoms with Crippen molar-refractivity contribution in [2.45, 2.75) is 40.2 Å². The molecule has 2 rings (SSSR count). The highest BCUT2D eigenvalue weighted by atomic mass is 16.3. The number of rotatable bonds is 4. The molecular formula is C18H20N4O2. The lowest BCUT2D eigenvalue weighted by Crippen LogP contribution is -2.23. The van der Waals surface area contributed by atoms with Crippen LogP contribution in [-0.2, 0) is 6.42 Å². The third-order valence-corrected chi connectivity index (χ3v) is 3.84. The minimum atomic E-state index is -0.465. The molecule has 0 atom stereocenters. The van der Waals surface area contributed by atoms with Crippen LogP contribution < -0.4 is 5.56 Å². The molecule has 0 aliphatic rings. The van der Waals surface area contributed by atoms with E-state index in [0.717, 1.165) is 11.0 Å². The van der Waals surface area contributed by atoms with Crippen LogP contribution in [-0.4, -0.2) is 9.67 Å². The standard InChI is InChI=1S/C18H20N4O2/c1-5-13-6-8-14(9-7-13)20-21-16-12(4)15(10-19)17(23)22(11(2)3)18(16)24/h6-9,11,23H,5H2,1-4H3. The Morgan fingerprint density at radius 1 is 1.25 bits per heavy atom. The van der Waals surface area contributed by atoms with Crippen LogP contribution >= 0.6 is 0 Å². The fourth-order valence-electron chi connectivity index (χ4n) is 2.41. The largest absolute Gasteiger partial charge is 0.493 e. The number of hydrogen-bond donors (Lipinski definition) is 1. The summed E-state index contributed by atoms with van der Waals surface area (Å²) >= 11 is 0. The molecule has 0 spiro atoms. The number of aromatic nitrogens is 1. The monoisotopic (exact) mass is 324 g/mol. The van der Waals surface area contributed by atoms with E-state index in [-0.39, 0.29) is 23.2 Å². The van der Waals surface area contributed by atoms with Crippen molar-refractivity contribution >= 4 is 11.4 Å². The Balaban J connectivity index is 2.57. The lowest BCUT2D eigenvalue weighted by molar-refractivity contribution is 0.386. The summed E-state index contributed by atoms with van der Waals surface area (Å²) in [5.74, 6) is -0.332. The third-order valence-electron chi connectivity index (χ3n) is 3.84. The summed E-state index contributed by atoms with van der Waals surface area (Å²) < 4.78 is 1.15. The molecule has 0 saturated carbocycles. The average Bonchev–Trinajstić information content (AvgIpc) is 2.55. The molecular weight excluding hydrogens is 304 g/mol. The molecule has 0 aliphatic heterocycles. The Hall–Kier alpha value is -2.94. The van der Waals surface area contributed by atoms with Gasteiger partial charge in [-0.15, -0.1) is 5.11 Å². The van der Waals surface area contributed by atoms with Crippen LogP contribution in [0.1, 0.15) is 43.5 Å². The quantitative estimate of drug-likeness (QED) is 0.850. The summed E-state index contributed by atoms with van der Waals surface area (Å²) in [5, 5.41) is 27.6. The van der Waals surface area contributed by atoms with Crippen LogP contribution in [0.3, 0.4) is 0 Å². The van der Waals surface area contributed by atoms with Crippen LogP contribution in [0.4, 0.5) is 11.4 Å². The molecule has 0 unspecified atom stereocenters. The van der Waals surface area contributed by atoms with E-state index < -0.39 is 5.56 Å². The number of benzene rings is 1. The molecule has 0 radical (unpaired) electrons. The first-order chi connectivity index (χ1) is 11.4. The summed E-state index contributed by atoms with van der Waals surface area (Å²) in [7, 11) is 0. The molecule has 1 aromatic carbocycles. The predicted molar refractivity (Wildman–Crippen MR) is 92.2 cm³/mol. The van der Waals surface area contributed by atoms with Gasteiger partial charge in [-0.05, 0) is 44.9 Å². The molecule has 0 amide bonds. The van der Waals surface area contributed by atoms with Crippen molar-refractivity contribution in [2.75, 3.05) is 0 Å². The maximum Gasteiger partial charge on any atom is 0.281 e. The van der Waals surface area contributed by atoms with Gasteiger partial charge in [0.2, 0.25) is 5.88 Å². The molecule has 6 heteroatoms. The van der Waals surface area contributed by atoms with Gasteiger partial charge in [0.05, 0.1) is 5.69 Å². The predicted octanol–water partition coefficient (Wildman–Crippen LogP) is 4.29. The zero-order valence-electron chi connectivity index (χ0n) is 14.2. The highest BCUT2D eigenvalue weighted by molar-refractivity contribution is 5.57. The van der Waals surface area contributed by atoms with E-state index in [1.54, 1.807) is 20.8 Å². The molecule has 0 bridgehead atoms. The van der Waals surface area contributed by atoms with E-state index in [1.165, 1.54) is 5.56 Å². The van der Waals surface area contributed by atoms with Gasteiger partial charge in [-0.1, -0.05) is 19.1 Å². The van der Waals surface area contributed by atoms with Crippen LogP contribution in [0, 0.1) is 18.3 Å². The van der Waals surface area contributed by atoms with Crippen LogP contribution in [0.15, 0.2) is 39.3 Å². The van der Waals surface area contributed by atoms with Gasteiger partial charge in [-0.25, -0.2) is 0 Å². The second kappa shape index (κ2) is 7.09.